The number of carbonyl (C=O) groups excluding carboxylic acids is 1. The van der Waals surface area contributed by atoms with Gasteiger partial charge in [-0.15, -0.1) is 0 Å². The van der Waals surface area contributed by atoms with Crippen molar-refractivity contribution in [3.8, 4) is 0 Å². The van der Waals surface area contributed by atoms with E-state index in [1.165, 1.54) is 0 Å². The molecule has 0 radical (unpaired) electrons. The fourth-order valence-electron chi connectivity index (χ4n) is 2.99. The van der Waals surface area contributed by atoms with Crippen molar-refractivity contribution in [2.45, 2.75) is 25.3 Å². The number of amides is 1. The van der Waals surface area contributed by atoms with E-state index in [1.54, 1.807) is 6.92 Å². The lowest BCUT2D eigenvalue weighted by molar-refractivity contribution is -0.141. The first-order valence-electron chi connectivity index (χ1n) is 8.60. The van der Waals surface area contributed by atoms with Crippen LogP contribution in [-0.4, -0.2) is 23.0 Å². The van der Waals surface area contributed by atoms with E-state index >= 15 is 0 Å². The molecule has 132 valence electrons. The number of benzene rings is 3. The summed E-state index contributed by atoms with van der Waals surface area (Å²) in [5.74, 6) is -1.73. The molecular formula is C22H21NO3. The van der Waals surface area contributed by atoms with Crippen molar-refractivity contribution in [2.75, 3.05) is 0 Å². The number of rotatable bonds is 6. The van der Waals surface area contributed by atoms with E-state index in [0.717, 1.165) is 21.9 Å². The smallest absolute Gasteiger partial charge is 0.326 e. The zero-order chi connectivity index (χ0) is 18.5. The molecule has 0 saturated carbocycles. The molecule has 0 spiro atoms. The number of aliphatic carboxylic acids is 1. The second-order valence-electron chi connectivity index (χ2n) is 6.42. The van der Waals surface area contributed by atoms with E-state index in [1.807, 2.05) is 72.8 Å². The third-order valence-electron chi connectivity index (χ3n) is 4.56. The molecule has 0 fully saturated rings. The summed E-state index contributed by atoms with van der Waals surface area (Å²) >= 11 is 0. The minimum absolute atomic E-state index is 0.243. The van der Waals surface area contributed by atoms with Gasteiger partial charge in [-0.25, -0.2) is 4.79 Å². The fraction of sp³-hybridized carbons (Fsp3) is 0.182. The van der Waals surface area contributed by atoms with E-state index in [0.29, 0.717) is 0 Å². The van der Waals surface area contributed by atoms with Crippen LogP contribution < -0.4 is 5.32 Å². The molecule has 2 atom stereocenters. The molecule has 2 unspecified atom stereocenters. The van der Waals surface area contributed by atoms with Gasteiger partial charge >= 0.3 is 5.97 Å². The minimum atomic E-state index is -1.04. The van der Waals surface area contributed by atoms with Crippen LogP contribution >= 0.6 is 0 Å². The monoisotopic (exact) mass is 347 g/mol. The first kappa shape index (κ1) is 17.7. The highest BCUT2D eigenvalue weighted by atomic mass is 16.4. The van der Waals surface area contributed by atoms with Gasteiger partial charge in [0, 0.05) is 6.42 Å². The molecule has 0 aliphatic heterocycles. The van der Waals surface area contributed by atoms with Gasteiger partial charge < -0.3 is 10.4 Å². The van der Waals surface area contributed by atoms with Crippen LogP contribution in [0.5, 0.6) is 0 Å². The van der Waals surface area contributed by atoms with Gasteiger partial charge in [0.15, 0.2) is 0 Å². The molecule has 3 rings (SSSR count). The highest BCUT2D eigenvalue weighted by molar-refractivity contribution is 5.88. The zero-order valence-corrected chi connectivity index (χ0v) is 14.6. The molecule has 2 N–H and O–H groups in total. The van der Waals surface area contributed by atoms with Crippen LogP contribution in [0.3, 0.4) is 0 Å². The van der Waals surface area contributed by atoms with Crippen LogP contribution in [-0.2, 0) is 16.0 Å². The molecule has 1 amide bonds. The van der Waals surface area contributed by atoms with E-state index < -0.39 is 17.9 Å². The van der Waals surface area contributed by atoms with Crippen molar-refractivity contribution in [3.05, 3.63) is 83.9 Å². The Morgan fingerprint density at radius 2 is 1.58 bits per heavy atom. The Bertz CT molecular complexity index is 921. The lowest BCUT2D eigenvalue weighted by Gasteiger charge is -2.18. The van der Waals surface area contributed by atoms with Crippen molar-refractivity contribution in [3.63, 3.8) is 0 Å². The molecule has 0 bridgehead atoms. The maximum Gasteiger partial charge on any atom is 0.326 e. The summed E-state index contributed by atoms with van der Waals surface area (Å²) in [6, 6.07) is 22.1. The van der Waals surface area contributed by atoms with E-state index in [4.69, 9.17) is 0 Å². The van der Waals surface area contributed by atoms with Gasteiger partial charge in [0.1, 0.15) is 6.04 Å². The van der Waals surface area contributed by atoms with Gasteiger partial charge in [-0.2, -0.15) is 0 Å². The van der Waals surface area contributed by atoms with Crippen molar-refractivity contribution >= 4 is 22.6 Å². The number of hydrogen-bond donors (Lipinski definition) is 2. The maximum absolute atomic E-state index is 12.5. The SMILES string of the molecule is CC(C(=O)NC(Cc1ccc2ccccc2c1)C(=O)O)c1ccccc1. The molecule has 0 saturated heterocycles. The van der Waals surface area contributed by atoms with Gasteiger partial charge in [-0.1, -0.05) is 72.8 Å². The Labute approximate surface area is 152 Å². The van der Waals surface area contributed by atoms with Gasteiger partial charge in [-0.3, -0.25) is 4.79 Å². The lowest BCUT2D eigenvalue weighted by Crippen LogP contribution is -2.44. The summed E-state index contributed by atoms with van der Waals surface area (Å²) in [5, 5.41) is 14.4. The van der Waals surface area contributed by atoms with E-state index in [-0.39, 0.29) is 12.3 Å². The largest absolute Gasteiger partial charge is 0.480 e. The van der Waals surface area contributed by atoms with Crippen LogP contribution in [0.1, 0.15) is 24.0 Å². The van der Waals surface area contributed by atoms with Crippen LogP contribution in [0.25, 0.3) is 10.8 Å². The van der Waals surface area contributed by atoms with E-state index in [9.17, 15) is 14.7 Å². The highest BCUT2D eigenvalue weighted by Crippen LogP contribution is 2.18. The first-order valence-corrected chi connectivity index (χ1v) is 8.60. The number of carbonyl (C=O) groups is 2. The molecule has 3 aromatic carbocycles. The predicted octanol–water partition coefficient (Wildman–Crippen LogP) is 3.76. The number of nitrogens with one attached hydrogen (secondary N) is 1. The van der Waals surface area contributed by atoms with Crippen molar-refractivity contribution in [1.29, 1.82) is 0 Å². The molecule has 0 aromatic heterocycles. The molecule has 0 aliphatic carbocycles. The fourth-order valence-corrected chi connectivity index (χ4v) is 2.99. The third-order valence-corrected chi connectivity index (χ3v) is 4.56. The molecule has 3 aromatic rings. The molecule has 0 aliphatic rings. The van der Waals surface area contributed by atoms with Crippen LogP contribution in [0, 0.1) is 0 Å². The average Bonchev–Trinajstić information content (AvgIpc) is 2.67. The summed E-state index contributed by atoms with van der Waals surface area (Å²) in [5.41, 5.74) is 1.74. The zero-order valence-electron chi connectivity index (χ0n) is 14.6. The van der Waals surface area contributed by atoms with Gasteiger partial charge in [0.05, 0.1) is 5.92 Å². The van der Waals surface area contributed by atoms with Gasteiger partial charge in [0.2, 0.25) is 5.91 Å². The second-order valence-corrected chi connectivity index (χ2v) is 6.42. The summed E-state index contributed by atoms with van der Waals surface area (Å²) < 4.78 is 0. The summed E-state index contributed by atoms with van der Waals surface area (Å²) in [6.45, 7) is 1.78. The Hall–Kier alpha value is -3.14. The molecule has 0 heterocycles. The number of fused-ring (bicyclic) bond motifs is 1. The quantitative estimate of drug-likeness (QED) is 0.713. The van der Waals surface area contributed by atoms with Crippen molar-refractivity contribution < 1.29 is 14.7 Å². The number of carboxylic acids is 1. The Morgan fingerprint density at radius 1 is 0.923 bits per heavy atom. The summed E-state index contributed by atoms with van der Waals surface area (Å²) in [7, 11) is 0. The summed E-state index contributed by atoms with van der Waals surface area (Å²) in [4.78, 5) is 24.1. The predicted molar refractivity (Wildman–Crippen MR) is 102 cm³/mol. The second kappa shape index (κ2) is 7.83. The minimum Gasteiger partial charge on any atom is -0.480 e. The number of hydrogen-bond acceptors (Lipinski definition) is 2. The summed E-state index contributed by atoms with van der Waals surface area (Å²) in [6.07, 6.45) is 0.243. The maximum atomic E-state index is 12.5. The Morgan fingerprint density at radius 3 is 2.27 bits per heavy atom. The molecule has 26 heavy (non-hydrogen) atoms. The molecule has 4 nitrogen and oxygen atoms in total. The van der Waals surface area contributed by atoms with Crippen molar-refractivity contribution in [2.24, 2.45) is 0 Å². The molecule has 4 heteroatoms. The molecular weight excluding hydrogens is 326 g/mol. The normalized spacial score (nSPS) is 13.1. The van der Waals surface area contributed by atoms with Crippen molar-refractivity contribution in [1.82, 2.24) is 5.32 Å². The topological polar surface area (TPSA) is 66.4 Å². The Kier molecular flexibility index (Phi) is 5.32. The average molecular weight is 347 g/mol. The standard InChI is InChI=1S/C22H21NO3/c1-15(17-7-3-2-4-8-17)21(24)23-20(22(25)26)14-16-11-12-18-9-5-6-10-19(18)13-16/h2-13,15,20H,14H2,1H3,(H,23,24)(H,25,26). The first-order chi connectivity index (χ1) is 12.5. The van der Waals surface area contributed by atoms with Gasteiger partial charge in [-0.05, 0) is 28.8 Å². The van der Waals surface area contributed by atoms with Crippen LogP contribution in [0.15, 0.2) is 72.8 Å². The highest BCUT2D eigenvalue weighted by Gasteiger charge is 2.24. The Balaban J connectivity index is 1.74. The van der Waals surface area contributed by atoms with Crippen LogP contribution in [0.2, 0.25) is 0 Å². The van der Waals surface area contributed by atoms with Gasteiger partial charge in [0.25, 0.3) is 0 Å². The third kappa shape index (κ3) is 4.09. The number of carboxylic acid groups (broad SMARTS) is 1. The van der Waals surface area contributed by atoms with Crippen LogP contribution in [0.4, 0.5) is 0 Å². The lowest BCUT2D eigenvalue weighted by atomic mass is 9.98. The van der Waals surface area contributed by atoms with E-state index in [2.05, 4.69) is 5.32 Å².